The van der Waals surface area contributed by atoms with Crippen LogP contribution in [0, 0.1) is 0 Å². The first-order valence-electron chi connectivity index (χ1n) is 7.52. The summed E-state index contributed by atoms with van der Waals surface area (Å²) in [5, 5.41) is 27.2. The van der Waals surface area contributed by atoms with E-state index in [2.05, 4.69) is 0 Å². The van der Waals surface area contributed by atoms with Gasteiger partial charge in [-0.05, 0) is 12.1 Å². The zero-order chi connectivity index (χ0) is 19.1. The van der Waals surface area contributed by atoms with Crippen LogP contribution in [-0.2, 0) is 19.6 Å². The molecule has 26 heavy (non-hydrogen) atoms. The van der Waals surface area contributed by atoms with Gasteiger partial charge < -0.3 is 20.1 Å². The molecule has 0 amide bonds. The van der Waals surface area contributed by atoms with Gasteiger partial charge in [-0.3, -0.25) is 14.3 Å². The van der Waals surface area contributed by atoms with Crippen LogP contribution in [0.3, 0.4) is 0 Å². The van der Waals surface area contributed by atoms with Crippen molar-refractivity contribution in [3.8, 4) is 0 Å². The number of H-pyrrole nitrogens is 1. The van der Waals surface area contributed by atoms with Crippen LogP contribution < -0.4 is 11.2 Å². The first-order chi connectivity index (χ1) is 12.3. The number of hydrogen-bond donors (Lipinski definition) is 4. The van der Waals surface area contributed by atoms with Crippen LogP contribution in [0.15, 0.2) is 57.1 Å². The lowest BCUT2D eigenvalue weighted by Gasteiger charge is -2.32. The molecule has 1 fully saturated rings. The summed E-state index contributed by atoms with van der Waals surface area (Å²) in [4.78, 5) is 25.2. The van der Waals surface area contributed by atoms with Crippen molar-refractivity contribution >= 4 is 9.84 Å². The minimum atomic E-state index is -4.62. The van der Waals surface area contributed by atoms with E-state index in [-0.39, 0.29) is 4.90 Å². The van der Waals surface area contributed by atoms with Crippen LogP contribution >= 0.6 is 0 Å². The number of aliphatic hydroxyl groups is 3. The first-order valence-corrected chi connectivity index (χ1v) is 9.01. The van der Waals surface area contributed by atoms with Crippen molar-refractivity contribution < 1.29 is 28.5 Å². The Morgan fingerprint density at radius 2 is 1.81 bits per heavy atom. The molecule has 140 valence electrons. The molecule has 1 aromatic carbocycles. The molecule has 1 aliphatic heterocycles. The van der Waals surface area contributed by atoms with E-state index in [1.165, 1.54) is 24.3 Å². The zero-order valence-corrected chi connectivity index (χ0v) is 14.0. The largest absolute Gasteiger partial charge is 0.394 e. The highest BCUT2D eigenvalue weighted by atomic mass is 32.2. The lowest BCUT2D eigenvalue weighted by molar-refractivity contribution is -0.0887. The van der Waals surface area contributed by atoms with E-state index in [1.807, 2.05) is 4.98 Å². The first kappa shape index (κ1) is 18.5. The highest BCUT2D eigenvalue weighted by molar-refractivity contribution is 7.92. The molecule has 2 aromatic rings. The van der Waals surface area contributed by atoms with Crippen molar-refractivity contribution in [2.24, 2.45) is 0 Å². The van der Waals surface area contributed by atoms with E-state index in [4.69, 9.17) is 4.74 Å². The second-order valence-corrected chi connectivity index (χ2v) is 7.76. The minimum absolute atomic E-state index is 0.289. The lowest BCUT2D eigenvalue weighted by atomic mass is 10.1. The third-order valence-electron chi connectivity index (χ3n) is 4.18. The van der Waals surface area contributed by atoms with Gasteiger partial charge in [0.15, 0.2) is 0 Å². The lowest BCUT2D eigenvalue weighted by Crippen LogP contribution is -2.56. The van der Waals surface area contributed by atoms with Crippen molar-refractivity contribution in [3.05, 3.63) is 63.4 Å². The molecule has 10 nitrogen and oxygen atoms in total. The van der Waals surface area contributed by atoms with Crippen LogP contribution in [0.4, 0.5) is 0 Å². The molecule has 3 rings (SSSR count). The second-order valence-electron chi connectivity index (χ2n) is 5.70. The summed E-state index contributed by atoms with van der Waals surface area (Å²) in [5.74, 6) is 0. The zero-order valence-electron chi connectivity index (χ0n) is 13.2. The Morgan fingerprint density at radius 1 is 1.15 bits per heavy atom. The van der Waals surface area contributed by atoms with Crippen LogP contribution in [-0.4, -0.2) is 58.2 Å². The molecule has 0 unspecified atom stereocenters. The topological polar surface area (TPSA) is 159 Å². The third-order valence-corrected chi connectivity index (χ3v) is 6.37. The van der Waals surface area contributed by atoms with Crippen molar-refractivity contribution in [1.29, 1.82) is 0 Å². The predicted molar refractivity (Wildman–Crippen MR) is 86.9 cm³/mol. The van der Waals surface area contributed by atoms with Crippen LogP contribution in [0.5, 0.6) is 0 Å². The maximum Gasteiger partial charge on any atom is 0.331 e. The van der Waals surface area contributed by atoms with Gasteiger partial charge in [-0.1, -0.05) is 18.2 Å². The van der Waals surface area contributed by atoms with Crippen molar-refractivity contribution in [2.45, 2.75) is 28.3 Å². The summed E-state index contributed by atoms with van der Waals surface area (Å²) in [6.07, 6.45) is -4.54. The van der Waals surface area contributed by atoms with E-state index in [0.717, 1.165) is 12.3 Å². The summed E-state index contributed by atoms with van der Waals surface area (Å²) in [5.41, 5.74) is -1.95. The van der Waals surface area contributed by atoms with Crippen LogP contribution in [0.1, 0.15) is 0 Å². The van der Waals surface area contributed by atoms with E-state index in [0.29, 0.717) is 4.57 Å². The van der Waals surface area contributed by atoms with Crippen molar-refractivity contribution in [3.63, 3.8) is 0 Å². The molecule has 0 aliphatic carbocycles. The van der Waals surface area contributed by atoms with Gasteiger partial charge >= 0.3 is 5.69 Å². The molecular weight excluding hydrogens is 368 g/mol. The molecule has 0 bridgehead atoms. The molecule has 1 aliphatic rings. The molecular formula is C15H16N2O8S. The highest BCUT2D eigenvalue weighted by Crippen LogP contribution is 2.42. The average Bonchev–Trinajstić information content (AvgIpc) is 2.88. The Hall–Kier alpha value is -2.31. The molecule has 2 heterocycles. The van der Waals surface area contributed by atoms with E-state index in [9.17, 15) is 33.3 Å². The molecule has 4 N–H and O–H groups in total. The smallest absolute Gasteiger partial charge is 0.331 e. The van der Waals surface area contributed by atoms with Gasteiger partial charge in [0.25, 0.3) is 10.6 Å². The summed E-state index contributed by atoms with van der Waals surface area (Å²) in [6.45, 7) is -0.803. The maximum absolute atomic E-state index is 13.3. The second kappa shape index (κ2) is 6.45. The summed E-state index contributed by atoms with van der Waals surface area (Å²) >= 11 is 0. The van der Waals surface area contributed by atoms with Gasteiger partial charge in [-0.2, -0.15) is 0 Å². The average molecular weight is 384 g/mol. The van der Waals surface area contributed by atoms with Crippen LogP contribution in [0.2, 0.25) is 0 Å². The van der Waals surface area contributed by atoms with Gasteiger partial charge in [0, 0.05) is 12.3 Å². The number of hydrogen-bond acceptors (Lipinski definition) is 8. The van der Waals surface area contributed by atoms with Gasteiger partial charge in [-0.25, -0.2) is 13.2 Å². The Kier molecular flexibility index (Phi) is 4.58. The molecule has 1 saturated heterocycles. The summed E-state index contributed by atoms with van der Waals surface area (Å²) < 4.78 is 32.4. The monoisotopic (exact) mass is 384 g/mol. The molecule has 4 atom stereocenters. The van der Waals surface area contributed by atoms with Gasteiger partial charge in [0.2, 0.25) is 9.84 Å². The normalized spacial score (nSPS) is 29.0. The molecule has 0 radical (unpaired) electrons. The number of sulfone groups is 1. The molecule has 1 aromatic heterocycles. The number of rotatable bonds is 4. The Labute approximate surface area is 146 Å². The van der Waals surface area contributed by atoms with Gasteiger partial charge in [-0.15, -0.1) is 0 Å². The quantitative estimate of drug-likeness (QED) is 0.459. The highest BCUT2D eigenvalue weighted by Gasteiger charge is 2.64. The van der Waals surface area contributed by atoms with Crippen LogP contribution in [0.25, 0.3) is 0 Å². The molecule has 0 spiro atoms. The number of aromatic amines is 1. The molecule has 0 saturated carbocycles. The number of aromatic nitrogens is 2. The standard InChI is InChI=1S/C15H16N2O8S/c18-8-10-12(20)13(21)15(25-10,17-7-6-11(19)16-14(17)22)26(23,24)9-4-2-1-3-5-9/h1-7,10,12-13,18,20-21H,8H2,(H,16,19,22)/t10-,12-,13-,15+/m1/s1. The van der Waals surface area contributed by atoms with Gasteiger partial charge in [0.1, 0.15) is 18.3 Å². The van der Waals surface area contributed by atoms with E-state index in [1.54, 1.807) is 6.07 Å². The Morgan fingerprint density at radius 3 is 2.35 bits per heavy atom. The maximum atomic E-state index is 13.3. The minimum Gasteiger partial charge on any atom is -0.394 e. The summed E-state index contributed by atoms with van der Waals surface area (Å²) in [7, 11) is -4.62. The fraction of sp³-hybridized carbons (Fsp3) is 0.333. The molecule has 11 heteroatoms. The van der Waals surface area contributed by atoms with Gasteiger partial charge in [0.05, 0.1) is 11.5 Å². The SMILES string of the molecule is O=c1ccn([C@]2(S(=O)(=O)c3ccccc3)O[C@H](CO)[C@@H](O)[C@H]2O)c(=O)[nH]1. The Balaban J connectivity index is 2.35. The number of aliphatic hydroxyl groups excluding tert-OH is 3. The van der Waals surface area contributed by atoms with E-state index < -0.39 is 51.1 Å². The fourth-order valence-electron chi connectivity index (χ4n) is 2.90. The summed E-state index contributed by atoms with van der Waals surface area (Å²) in [6, 6.07) is 7.74. The number of ether oxygens (including phenoxy) is 1. The van der Waals surface area contributed by atoms with Crippen molar-refractivity contribution in [1.82, 2.24) is 9.55 Å². The van der Waals surface area contributed by atoms with E-state index >= 15 is 0 Å². The number of benzene rings is 1. The third kappa shape index (κ3) is 2.52. The number of nitrogens with zero attached hydrogens (tertiary/aromatic N) is 1. The Bertz CT molecular complexity index is 1020. The number of nitrogens with one attached hydrogen (secondary N) is 1. The fourth-order valence-corrected chi connectivity index (χ4v) is 4.87. The predicted octanol–water partition coefficient (Wildman–Crippen LogP) is -2.27. The van der Waals surface area contributed by atoms with Crippen molar-refractivity contribution in [2.75, 3.05) is 6.61 Å².